The molecule has 0 saturated carbocycles. The molecular formula is C24H25ClN4O4S. The lowest BCUT2D eigenvalue weighted by atomic mass is 10.1. The molecule has 3 heterocycles. The summed E-state index contributed by atoms with van der Waals surface area (Å²) in [6.07, 6.45) is 0.464. The minimum absolute atomic E-state index is 0.130. The van der Waals surface area contributed by atoms with Gasteiger partial charge in [0.05, 0.1) is 29.4 Å². The van der Waals surface area contributed by atoms with Crippen LogP contribution >= 0.6 is 11.6 Å². The number of fused-ring (bicyclic) bond motifs is 1. The average molecular weight is 501 g/mol. The van der Waals surface area contributed by atoms with E-state index in [0.717, 1.165) is 11.3 Å². The number of hydrogen-bond acceptors (Lipinski definition) is 7. The number of benzene rings is 2. The molecule has 34 heavy (non-hydrogen) atoms. The maximum Gasteiger partial charge on any atom is 0.243 e. The van der Waals surface area contributed by atoms with E-state index in [1.54, 1.807) is 12.1 Å². The topological polar surface area (TPSA) is 84.9 Å². The Hall–Kier alpha value is -2.72. The van der Waals surface area contributed by atoms with Crippen LogP contribution in [-0.4, -0.2) is 55.5 Å². The van der Waals surface area contributed by atoms with E-state index < -0.39 is 10.0 Å². The summed E-state index contributed by atoms with van der Waals surface area (Å²) in [5, 5.41) is 0.487. The highest BCUT2D eigenvalue weighted by Crippen LogP contribution is 2.34. The quantitative estimate of drug-likeness (QED) is 0.526. The van der Waals surface area contributed by atoms with Gasteiger partial charge in [-0.25, -0.2) is 13.4 Å². The molecule has 1 aromatic heterocycles. The lowest BCUT2D eigenvalue weighted by Gasteiger charge is -2.31. The molecule has 10 heteroatoms. The molecule has 8 nitrogen and oxygen atoms in total. The Morgan fingerprint density at radius 3 is 2.47 bits per heavy atom. The fraction of sp³-hybridized carbons (Fsp3) is 0.333. The van der Waals surface area contributed by atoms with Crippen molar-refractivity contribution in [2.75, 3.05) is 37.7 Å². The third-order valence-electron chi connectivity index (χ3n) is 6.02. The van der Waals surface area contributed by atoms with Crippen LogP contribution in [-0.2, 0) is 27.7 Å². The van der Waals surface area contributed by atoms with Gasteiger partial charge in [-0.3, -0.25) is 0 Å². The second-order valence-corrected chi connectivity index (χ2v) is 10.6. The van der Waals surface area contributed by atoms with Gasteiger partial charge in [0.15, 0.2) is 0 Å². The van der Waals surface area contributed by atoms with Gasteiger partial charge in [0, 0.05) is 37.6 Å². The zero-order chi connectivity index (χ0) is 23.7. The van der Waals surface area contributed by atoms with Crippen LogP contribution in [0.1, 0.15) is 16.8 Å². The van der Waals surface area contributed by atoms with Crippen molar-refractivity contribution in [3.63, 3.8) is 0 Å². The standard InChI is InChI=1S/C24H25ClN4O4S/c1-17-4-2-3-5-22(17)33-23-20-16-29(34(30,31)19-8-6-18(25)7-9-19)11-10-21(20)26-24(27-23)28-12-14-32-15-13-28/h2-9H,10-16H2,1H3. The molecule has 2 aliphatic heterocycles. The normalized spacial score (nSPS) is 16.8. The summed E-state index contributed by atoms with van der Waals surface area (Å²) in [6.45, 7) is 5.03. The Bertz CT molecular complexity index is 1290. The third kappa shape index (κ3) is 4.61. The van der Waals surface area contributed by atoms with Crippen molar-refractivity contribution in [3.05, 3.63) is 70.4 Å². The highest BCUT2D eigenvalue weighted by Gasteiger charge is 2.32. The molecule has 0 amide bonds. The number of sulfonamides is 1. The number of nitrogens with zero attached hydrogens (tertiary/aromatic N) is 4. The molecule has 178 valence electrons. The molecule has 2 aromatic carbocycles. The largest absolute Gasteiger partial charge is 0.438 e. The summed E-state index contributed by atoms with van der Waals surface area (Å²) < 4.78 is 39.8. The lowest BCUT2D eigenvalue weighted by molar-refractivity contribution is 0.122. The molecule has 5 rings (SSSR count). The summed E-state index contributed by atoms with van der Waals surface area (Å²) in [6, 6.07) is 13.9. The minimum Gasteiger partial charge on any atom is -0.438 e. The van der Waals surface area contributed by atoms with Crippen LogP contribution in [0.25, 0.3) is 0 Å². The van der Waals surface area contributed by atoms with Gasteiger partial charge in [-0.1, -0.05) is 29.8 Å². The van der Waals surface area contributed by atoms with E-state index in [1.807, 2.05) is 31.2 Å². The molecule has 0 spiro atoms. The minimum atomic E-state index is -3.71. The Morgan fingerprint density at radius 1 is 1.00 bits per heavy atom. The first-order valence-corrected chi connectivity index (χ1v) is 13.0. The van der Waals surface area contributed by atoms with Crippen LogP contribution in [0.5, 0.6) is 11.6 Å². The first-order chi connectivity index (χ1) is 16.4. The van der Waals surface area contributed by atoms with Gasteiger partial charge >= 0.3 is 0 Å². The molecule has 0 radical (unpaired) electrons. The second-order valence-electron chi connectivity index (χ2n) is 8.26. The zero-order valence-electron chi connectivity index (χ0n) is 18.8. The van der Waals surface area contributed by atoms with Crippen molar-refractivity contribution in [1.82, 2.24) is 14.3 Å². The molecule has 0 unspecified atom stereocenters. The number of anilines is 1. The van der Waals surface area contributed by atoms with Crippen LogP contribution in [0.2, 0.25) is 5.02 Å². The van der Waals surface area contributed by atoms with Gasteiger partial charge < -0.3 is 14.4 Å². The van der Waals surface area contributed by atoms with E-state index in [9.17, 15) is 8.42 Å². The molecule has 0 atom stereocenters. The maximum atomic E-state index is 13.3. The van der Waals surface area contributed by atoms with E-state index >= 15 is 0 Å². The number of aromatic nitrogens is 2. The number of aryl methyl sites for hydroxylation is 1. The van der Waals surface area contributed by atoms with Crippen LogP contribution in [0.4, 0.5) is 5.95 Å². The van der Waals surface area contributed by atoms with Crippen molar-refractivity contribution in [3.8, 4) is 11.6 Å². The molecule has 2 aliphatic rings. The predicted octanol–water partition coefficient (Wildman–Crippen LogP) is 3.81. The Kier molecular flexibility index (Phi) is 6.44. The molecule has 1 fully saturated rings. The summed E-state index contributed by atoms with van der Waals surface area (Å²) in [4.78, 5) is 11.8. The monoisotopic (exact) mass is 500 g/mol. The molecule has 0 N–H and O–H groups in total. The number of ether oxygens (including phenoxy) is 2. The maximum absolute atomic E-state index is 13.3. The van der Waals surface area contributed by atoms with E-state index in [4.69, 9.17) is 31.0 Å². The number of para-hydroxylation sites is 1. The first-order valence-electron chi connectivity index (χ1n) is 11.1. The zero-order valence-corrected chi connectivity index (χ0v) is 20.3. The molecule has 3 aromatic rings. The Morgan fingerprint density at radius 2 is 1.74 bits per heavy atom. The van der Waals surface area contributed by atoms with E-state index in [2.05, 4.69) is 4.90 Å². The second kappa shape index (κ2) is 9.50. The van der Waals surface area contributed by atoms with E-state index in [1.165, 1.54) is 16.4 Å². The van der Waals surface area contributed by atoms with Gasteiger partial charge in [0.2, 0.25) is 21.9 Å². The molecular weight excluding hydrogens is 476 g/mol. The SMILES string of the molecule is Cc1ccccc1Oc1nc(N2CCOCC2)nc2c1CN(S(=O)(=O)c1ccc(Cl)cc1)CC2. The summed E-state index contributed by atoms with van der Waals surface area (Å²) in [5.41, 5.74) is 2.45. The number of hydrogen-bond donors (Lipinski definition) is 0. The van der Waals surface area contributed by atoms with Gasteiger partial charge in [-0.15, -0.1) is 0 Å². The third-order valence-corrected chi connectivity index (χ3v) is 8.13. The van der Waals surface area contributed by atoms with Gasteiger partial charge in [0.1, 0.15) is 5.75 Å². The van der Waals surface area contributed by atoms with Crippen molar-refractivity contribution >= 4 is 27.6 Å². The van der Waals surface area contributed by atoms with Crippen molar-refractivity contribution in [1.29, 1.82) is 0 Å². The van der Waals surface area contributed by atoms with E-state index in [0.29, 0.717) is 67.4 Å². The van der Waals surface area contributed by atoms with Gasteiger partial charge in [-0.2, -0.15) is 9.29 Å². The number of morpholine rings is 1. The Balaban J connectivity index is 1.52. The number of halogens is 1. The van der Waals surface area contributed by atoms with E-state index in [-0.39, 0.29) is 11.4 Å². The average Bonchev–Trinajstić information content (AvgIpc) is 2.86. The van der Waals surface area contributed by atoms with Crippen LogP contribution < -0.4 is 9.64 Å². The molecule has 0 bridgehead atoms. The van der Waals surface area contributed by atoms with Crippen molar-refractivity contribution < 1.29 is 17.9 Å². The fourth-order valence-corrected chi connectivity index (χ4v) is 5.61. The van der Waals surface area contributed by atoms with Gasteiger partial charge in [0.25, 0.3) is 0 Å². The number of rotatable bonds is 5. The Labute approximate surface area is 204 Å². The van der Waals surface area contributed by atoms with Crippen LogP contribution in [0.3, 0.4) is 0 Å². The predicted molar refractivity (Wildman–Crippen MR) is 129 cm³/mol. The fourth-order valence-electron chi connectivity index (χ4n) is 4.07. The highest BCUT2D eigenvalue weighted by atomic mass is 35.5. The lowest BCUT2D eigenvalue weighted by Crippen LogP contribution is -2.39. The summed E-state index contributed by atoms with van der Waals surface area (Å²) in [5.74, 6) is 1.64. The van der Waals surface area contributed by atoms with Crippen molar-refractivity contribution in [2.24, 2.45) is 0 Å². The summed E-state index contributed by atoms with van der Waals surface area (Å²) >= 11 is 5.95. The van der Waals surface area contributed by atoms with Gasteiger partial charge in [-0.05, 0) is 42.8 Å². The highest BCUT2D eigenvalue weighted by molar-refractivity contribution is 7.89. The van der Waals surface area contributed by atoms with Crippen molar-refractivity contribution in [2.45, 2.75) is 24.8 Å². The first kappa shape index (κ1) is 23.0. The van der Waals surface area contributed by atoms with Crippen LogP contribution in [0, 0.1) is 6.92 Å². The molecule has 0 aliphatic carbocycles. The smallest absolute Gasteiger partial charge is 0.243 e. The van der Waals surface area contributed by atoms with Crippen LogP contribution in [0.15, 0.2) is 53.4 Å². The molecule has 1 saturated heterocycles. The summed E-state index contributed by atoms with van der Waals surface area (Å²) in [7, 11) is -3.71.